The fraction of sp³-hybridized carbons (Fsp3) is 0.526. The SMILES string of the molecule is COc1ccc(Cl)c(-c2cn(CC(=O)NC3CCN(C(C)C)CC3)nn2)c1. The Hall–Kier alpha value is -2.12. The lowest BCUT2D eigenvalue weighted by Gasteiger charge is -2.34. The number of halogens is 1. The van der Waals surface area contributed by atoms with E-state index >= 15 is 0 Å². The first-order valence-corrected chi connectivity index (χ1v) is 9.61. The van der Waals surface area contributed by atoms with Crippen molar-refractivity contribution >= 4 is 17.5 Å². The van der Waals surface area contributed by atoms with Crippen LogP contribution in [-0.2, 0) is 11.3 Å². The average Bonchev–Trinajstić information content (AvgIpc) is 3.10. The molecule has 1 fully saturated rings. The number of nitrogens with zero attached hydrogens (tertiary/aromatic N) is 4. The van der Waals surface area contributed by atoms with Crippen LogP contribution in [0, 0.1) is 0 Å². The Morgan fingerprint density at radius 2 is 2.11 bits per heavy atom. The third-order valence-electron chi connectivity index (χ3n) is 4.92. The second kappa shape index (κ2) is 8.71. The molecule has 0 spiro atoms. The Labute approximate surface area is 164 Å². The molecule has 3 rings (SSSR count). The molecule has 1 N–H and O–H groups in total. The number of rotatable bonds is 6. The number of carbonyl (C=O) groups is 1. The molecule has 1 saturated heterocycles. The van der Waals surface area contributed by atoms with Crippen LogP contribution in [0.25, 0.3) is 11.3 Å². The van der Waals surface area contributed by atoms with Crippen molar-refractivity contribution in [1.29, 1.82) is 0 Å². The Morgan fingerprint density at radius 1 is 1.37 bits per heavy atom. The molecule has 0 unspecified atom stereocenters. The summed E-state index contributed by atoms with van der Waals surface area (Å²) in [6, 6.07) is 6.13. The highest BCUT2D eigenvalue weighted by molar-refractivity contribution is 6.33. The van der Waals surface area contributed by atoms with Gasteiger partial charge in [-0.15, -0.1) is 5.10 Å². The van der Waals surface area contributed by atoms with Gasteiger partial charge >= 0.3 is 0 Å². The molecular formula is C19H26ClN5O2. The van der Waals surface area contributed by atoms with E-state index in [9.17, 15) is 4.79 Å². The Kier molecular flexibility index (Phi) is 6.34. The maximum absolute atomic E-state index is 12.3. The monoisotopic (exact) mass is 391 g/mol. The van der Waals surface area contributed by atoms with E-state index in [-0.39, 0.29) is 18.5 Å². The highest BCUT2D eigenvalue weighted by Gasteiger charge is 2.22. The molecule has 0 saturated carbocycles. The van der Waals surface area contributed by atoms with E-state index < -0.39 is 0 Å². The Morgan fingerprint density at radius 3 is 2.78 bits per heavy atom. The normalized spacial score (nSPS) is 15.9. The number of hydrogen-bond donors (Lipinski definition) is 1. The molecule has 8 heteroatoms. The van der Waals surface area contributed by atoms with Gasteiger partial charge in [0.15, 0.2) is 0 Å². The molecule has 0 bridgehead atoms. The number of hydrogen-bond acceptors (Lipinski definition) is 5. The van der Waals surface area contributed by atoms with E-state index in [1.54, 1.807) is 31.5 Å². The molecule has 0 radical (unpaired) electrons. The van der Waals surface area contributed by atoms with Crippen molar-refractivity contribution in [1.82, 2.24) is 25.2 Å². The summed E-state index contributed by atoms with van der Waals surface area (Å²) in [4.78, 5) is 14.8. The number of nitrogens with one attached hydrogen (secondary N) is 1. The van der Waals surface area contributed by atoms with Gasteiger partial charge in [-0.2, -0.15) is 0 Å². The first-order valence-electron chi connectivity index (χ1n) is 9.23. The van der Waals surface area contributed by atoms with Gasteiger partial charge in [-0.3, -0.25) is 4.79 Å². The number of likely N-dealkylation sites (tertiary alicyclic amines) is 1. The second-order valence-electron chi connectivity index (χ2n) is 7.12. The number of methoxy groups -OCH3 is 1. The van der Waals surface area contributed by atoms with Crippen LogP contribution >= 0.6 is 11.6 Å². The fourth-order valence-electron chi connectivity index (χ4n) is 3.31. The lowest BCUT2D eigenvalue weighted by molar-refractivity contribution is -0.122. The fourth-order valence-corrected chi connectivity index (χ4v) is 3.52. The van der Waals surface area contributed by atoms with Crippen LogP contribution < -0.4 is 10.1 Å². The average molecular weight is 392 g/mol. The molecule has 7 nitrogen and oxygen atoms in total. The molecule has 1 aliphatic rings. The summed E-state index contributed by atoms with van der Waals surface area (Å²) < 4.78 is 6.76. The lowest BCUT2D eigenvalue weighted by Crippen LogP contribution is -2.47. The maximum Gasteiger partial charge on any atom is 0.242 e. The minimum absolute atomic E-state index is 0.0498. The van der Waals surface area contributed by atoms with Crippen LogP contribution in [0.4, 0.5) is 0 Å². The summed E-state index contributed by atoms with van der Waals surface area (Å²) >= 11 is 6.25. The third-order valence-corrected chi connectivity index (χ3v) is 5.25. The summed E-state index contributed by atoms with van der Waals surface area (Å²) in [6.45, 7) is 6.58. The van der Waals surface area contributed by atoms with Gasteiger partial charge in [-0.25, -0.2) is 4.68 Å². The van der Waals surface area contributed by atoms with Crippen molar-refractivity contribution in [2.45, 2.75) is 45.3 Å². The highest BCUT2D eigenvalue weighted by atomic mass is 35.5. The van der Waals surface area contributed by atoms with E-state index in [1.807, 2.05) is 0 Å². The van der Waals surface area contributed by atoms with Crippen molar-refractivity contribution in [3.63, 3.8) is 0 Å². The zero-order valence-corrected chi connectivity index (χ0v) is 16.7. The van der Waals surface area contributed by atoms with Crippen molar-refractivity contribution in [2.24, 2.45) is 0 Å². The number of ether oxygens (including phenoxy) is 1. The molecule has 27 heavy (non-hydrogen) atoms. The van der Waals surface area contributed by atoms with Crippen LogP contribution in [0.3, 0.4) is 0 Å². The van der Waals surface area contributed by atoms with Gasteiger partial charge in [0.05, 0.1) is 18.3 Å². The molecule has 146 valence electrons. The molecule has 2 aromatic rings. The number of amides is 1. The van der Waals surface area contributed by atoms with Gasteiger partial charge in [-0.1, -0.05) is 16.8 Å². The van der Waals surface area contributed by atoms with E-state index in [0.717, 1.165) is 31.5 Å². The third kappa shape index (κ3) is 4.99. The van der Waals surface area contributed by atoms with Crippen molar-refractivity contribution < 1.29 is 9.53 Å². The quantitative estimate of drug-likeness (QED) is 0.819. The van der Waals surface area contributed by atoms with E-state index in [0.29, 0.717) is 22.5 Å². The topological polar surface area (TPSA) is 72.3 Å². The lowest BCUT2D eigenvalue weighted by atomic mass is 10.0. The van der Waals surface area contributed by atoms with Gasteiger partial charge in [0.25, 0.3) is 0 Å². The summed E-state index contributed by atoms with van der Waals surface area (Å²) in [5.41, 5.74) is 1.33. The summed E-state index contributed by atoms with van der Waals surface area (Å²) in [6.07, 6.45) is 3.68. The first-order chi connectivity index (χ1) is 13.0. The predicted molar refractivity (Wildman–Crippen MR) is 105 cm³/mol. The Bertz CT molecular complexity index is 784. The smallest absolute Gasteiger partial charge is 0.242 e. The minimum Gasteiger partial charge on any atom is -0.497 e. The second-order valence-corrected chi connectivity index (χ2v) is 7.53. The predicted octanol–water partition coefficient (Wildman–Crippen LogP) is 2.60. The van der Waals surface area contributed by atoms with E-state index in [1.165, 1.54) is 4.68 Å². The van der Waals surface area contributed by atoms with Crippen molar-refractivity contribution in [3.05, 3.63) is 29.4 Å². The van der Waals surface area contributed by atoms with Crippen LogP contribution in [0.5, 0.6) is 5.75 Å². The van der Waals surface area contributed by atoms with E-state index in [2.05, 4.69) is 34.4 Å². The molecule has 0 aliphatic carbocycles. The van der Waals surface area contributed by atoms with Crippen molar-refractivity contribution in [3.8, 4) is 17.0 Å². The number of aromatic nitrogens is 3. The summed E-state index contributed by atoms with van der Waals surface area (Å²) in [7, 11) is 1.60. The summed E-state index contributed by atoms with van der Waals surface area (Å²) in [5, 5.41) is 11.9. The molecule has 1 aromatic carbocycles. The van der Waals surface area contributed by atoms with Crippen LogP contribution in [-0.4, -0.2) is 58.1 Å². The molecule has 1 aromatic heterocycles. The molecule has 1 aliphatic heterocycles. The van der Waals surface area contributed by atoms with Crippen LogP contribution in [0.2, 0.25) is 5.02 Å². The van der Waals surface area contributed by atoms with E-state index in [4.69, 9.17) is 16.3 Å². The zero-order valence-electron chi connectivity index (χ0n) is 16.0. The number of piperidine rings is 1. The molecule has 2 heterocycles. The maximum atomic E-state index is 12.3. The van der Waals surface area contributed by atoms with Gasteiger partial charge in [-0.05, 0) is 44.9 Å². The first kappa shape index (κ1) is 19.6. The van der Waals surface area contributed by atoms with Crippen molar-refractivity contribution in [2.75, 3.05) is 20.2 Å². The van der Waals surface area contributed by atoms with Gasteiger partial charge < -0.3 is 15.0 Å². The van der Waals surface area contributed by atoms with Crippen LogP contribution in [0.15, 0.2) is 24.4 Å². The number of carbonyl (C=O) groups excluding carboxylic acids is 1. The molecule has 1 amide bonds. The minimum atomic E-state index is -0.0498. The van der Waals surface area contributed by atoms with Gasteiger partial charge in [0.1, 0.15) is 18.0 Å². The largest absolute Gasteiger partial charge is 0.497 e. The number of benzene rings is 1. The summed E-state index contributed by atoms with van der Waals surface area (Å²) in [5.74, 6) is 0.639. The van der Waals surface area contributed by atoms with Crippen LogP contribution in [0.1, 0.15) is 26.7 Å². The molecule has 0 atom stereocenters. The van der Waals surface area contributed by atoms with Gasteiger partial charge in [0.2, 0.25) is 5.91 Å². The highest BCUT2D eigenvalue weighted by Crippen LogP contribution is 2.29. The molecular weight excluding hydrogens is 366 g/mol. The Balaban J connectivity index is 1.57. The standard InChI is InChI=1S/C19H26ClN5O2/c1-13(2)24-8-6-14(7-9-24)21-19(26)12-25-11-18(22-23-25)16-10-15(27-3)4-5-17(16)20/h4-5,10-11,13-14H,6-9,12H2,1-3H3,(H,21,26). The van der Waals surface area contributed by atoms with Gasteiger partial charge in [0, 0.05) is 30.7 Å². The zero-order chi connectivity index (χ0) is 19.4.